The van der Waals surface area contributed by atoms with Crippen molar-refractivity contribution < 1.29 is 4.79 Å². The van der Waals surface area contributed by atoms with Gasteiger partial charge in [0.15, 0.2) is 0 Å². The van der Waals surface area contributed by atoms with Crippen molar-refractivity contribution in [3.63, 3.8) is 0 Å². The highest BCUT2D eigenvalue weighted by atomic mass is 16.2. The van der Waals surface area contributed by atoms with Gasteiger partial charge in [-0.2, -0.15) is 0 Å². The summed E-state index contributed by atoms with van der Waals surface area (Å²) in [5.41, 5.74) is 0.384. The number of carbonyl (C=O) groups is 1. The topological polar surface area (TPSA) is 29.1 Å². The molecule has 2 heteroatoms. The van der Waals surface area contributed by atoms with Crippen molar-refractivity contribution in [3.05, 3.63) is 0 Å². The predicted octanol–water partition coefficient (Wildman–Crippen LogP) is 2.09. The van der Waals surface area contributed by atoms with Crippen LogP contribution in [0.15, 0.2) is 0 Å². The Kier molecular flexibility index (Phi) is 1.71. The molecule has 2 bridgehead atoms. The summed E-state index contributed by atoms with van der Waals surface area (Å²) in [6.45, 7) is 2.21. The van der Waals surface area contributed by atoms with Gasteiger partial charge in [0.25, 0.3) is 0 Å². The maximum atomic E-state index is 11.5. The van der Waals surface area contributed by atoms with E-state index >= 15 is 0 Å². The van der Waals surface area contributed by atoms with Crippen molar-refractivity contribution in [2.45, 2.75) is 51.5 Å². The molecule has 1 N–H and O–H groups in total. The van der Waals surface area contributed by atoms with E-state index in [0.717, 1.165) is 24.7 Å². The van der Waals surface area contributed by atoms with E-state index in [1.54, 1.807) is 0 Å². The third kappa shape index (κ3) is 0.945. The van der Waals surface area contributed by atoms with Crippen LogP contribution in [0.2, 0.25) is 0 Å². The summed E-state index contributed by atoms with van der Waals surface area (Å²) in [5.74, 6) is 2.11. The second kappa shape index (κ2) is 2.74. The molecule has 1 aliphatic heterocycles. The van der Waals surface area contributed by atoms with Gasteiger partial charge in [-0.1, -0.05) is 13.3 Å². The summed E-state index contributed by atoms with van der Waals surface area (Å²) < 4.78 is 0. The zero-order chi connectivity index (χ0) is 9.76. The zero-order valence-electron chi connectivity index (χ0n) is 8.88. The number of hydrogen-bond donors (Lipinski definition) is 1. The van der Waals surface area contributed by atoms with Gasteiger partial charge in [0.05, 0.1) is 0 Å². The van der Waals surface area contributed by atoms with Gasteiger partial charge in [-0.15, -0.1) is 0 Å². The van der Waals surface area contributed by atoms with Gasteiger partial charge in [-0.05, 0) is 37.5 Å². The van der Waals surface area contributed by atoms with E-state index in [4.69, 9.17) is 0 Å². The lowest BCUT2D eigenvalue weighted by atomic mass is 9.67. The van der Waals surface area contributed by atoms with Gasteiger partial charge >= 0.3 is 0 Å². The van der Waals surface area contributed by atoms with Crippen molar-refractivity contribution in [2.24, 2.45) is 17.3 Å². The van der Waals surface area contributed by atoms with Gasteiger partial charge in [0.2, 0.25) is 5.91 Å². The SMILES string of the molecule is CCC1NC(=O)CC12CC1CCC2C1. The van der Waals surface area contributed by atoms with E-state index in [9.17, 15) is 4.79 Å². The summed E-state index contributed by atoms with van der Waals surface area (Å²) in [6, 6.07) is 0.491. The van der Waals surface area contributed by atoms with Gasteiger partial charge in [-0.3, -0.25) is 4.79 Å². The van der Waals surface area contributed by atoms with Crippen LogP contribution in [0.25, 0.3) is 0 Å². The largest absolute Gasteiger partial charge is 0.353 e. The third-order valence-corrected chi connectivity index (χ3v) is 4.95. The zero-order valence-corrected chi connectivity index (χ0v) is 8.88. The molecule has 78 valence electrons. The molecule has 3 fully saturated rings. The number of hydrogen-bond acceptors (Lipinski definition) is 1. The van der Waals surface area contributed by atoms with Crippen molar-refractivity contribution >= 4 is 5.91 Å². The van der Waals surface area contributed by atoms with Gasteiger partial charge in [-0.25, -0.2) is 0 Å². The highest BCUT2D eigenvalue weighted by Gasteiger charge is 2.58. The lowest BCUT2D eigenvalue weighted by Gasteiger charge is -2.37. The maximum absolute atomic E-state index is 11.5. The highest BCUT2D eigenvalue weighted by molar-refractivity contribution is 5.80. The molecule has 2 nitrogen and oxygen atoms in total. The fourth-order valence-electron chi connectivity index (χ4n) is 4.45. The molecule has 2 aliphatic carbocycles. The molecular formula is C12H19NO. The minimum atomic E-state index is 0.310. The fraction of sp³-hybridized carbons (Fsp3) is 0.917. The monoisotopic (exact) mass is 193 g/mol. The van der Waals surface area contributed by atoms with Crippen molar-refractivity contribution in [2.75, 3.05) is 0 Å². The van der Waals surface area contributed by atoms with Gasteiger partial charge in [0, 0.05) is 17.9 Å². The molecule has 3 aliphatic rings. The summed E-state index contributed by atoms with van der Waals surface area (Å²) in [5, 5.41) is 3.18. The average Bonchev–Trinajstić information content (AvgIpc) is 2.80. The first-order chi connectivity index (χ1) is 6.74. The first-order valence-corrected chi connectivity index (χ1v) is 6.04. The van der Waals surface area contributed by atoms with E-state index in [2.05, 4.69) is 12.2 Å². The first-order valence-electron chi connectivity index (χ1n) is 6.04. The Morgan fingerprint density at radius 1 is 1.50 bits per heavy atom. The molecule has 1 amide bonds. The maximum Gasteiger partial charge on any atom is 0.220 e. The average molecular weight is 193 g/mol. The molecule has 1 saturated heterocycles. The second-order valence-corrected chi connectivity index (χ2v) is 5.52. The Morgan fingerprint density at radius 3 is 2.93 bits per heavy atom. The molecule has 14 heavy (non-hydrogen) atoms. The summed E-state index contributed by atoms with van der Waals surface area (Å²) in [6.07, 6.45) is 7.50. The smallest absolute Gasteiger partial charge is 0.220 e. The molecule has 4 unspecified atom stereocenters. The first kappa shape index (κ1) is 8.75. The van der Waals surface area contributed by atoms with E-state index < -0.39 is 0 Å². The van der Waals surface area contributed by atoms with Crippen LogP contribution in [0.1, 0.15) is 45.4 Å². The number of fused-ring (bicyclic) bond motifs is 3. The van der Waals surface area contributed by atoms with E-state index in [1.165, 1.54) is 25.7 Å². The van der Waals surface area contributed by atoms with E-state index in [1.807, 2.05) is 0 Å². The molecule has 0 aromatic heterocycles. The molecule has 1 heterocycles. The highest BCUT2D eigenvalue weighted by Crippen LogP contribution is 2.61. The second-order valence-electron chi connectivity index (χ2n) is 5.52. The Hall–Kier alpha value is -0.530. The molecule has 0 radical (unpaired) electrons. The molecule has 4 atom stereocenters. The van der Waals surface area contributed by atoms with Crippen LogP contribution < -0.4 is 5.32 Å². The Labute approximate surface area is 85.4 Å². The molecule has 0 aromatic rings. The van der Waals surface area contributed by atoms with Crippen LogP contribution in [0.5, 0.6) is 0 Å². The van der Waals surface area contributed by atoms with Gasteiger partial charge < -0.3 is 5.32 Å². The van der Waals surface area contributed by atoms with Crippen molar-refractivity contribution in [1.82, 2.24) is 5.32 Å². The summed E-state index contributed by atoms with van der Waals surface area (Å²) >= 11 is 0. The van der Waals surface area contributed by atoms with Crippen LogP contribution in [-0.2, 0) is 4.79 Å². The van der Waals surface area contributed by atoms with Crippen LogP contribution in [0.3, 0.4) is 0 Å². The third-order valence-electron chi connectivity index (χ3n) is 4.95. The number of amides is 1. The van der Waals surface area contributed by atoms with Crippen LogP contribution in [0.4, 0.5) is 0 Å². The van der Waals surface area contributed by atoms with Crippen LogP contribution in [0, 0.1) is 17.3 Å². The van der Waals surface area contributed by atoms with E-state index in [-0.39, 0.29) is 0 Å². The quantitative estimate of drug-likeness (QED) is 0.679. The predicted molar refractivity (Wildman–Crippen MR) is 54.7 cm³/mol. The van der Waals surface area contributed by atoms with Crippen LogP contribution in [-0.4, -0.2) is 11.9 Å². The standard InChI is InChI=1S/C12H19NO/c1-2-10-12(7-11(14)13-10)6-8-3-4-9(12)5-8/h8-10H,2-7H2,1H3,(H,13,14). The Bertz CT molecular complexity index is 275. The Balaban J connectivity index is 1.91. The molecule has 1 spiro atoms. The van der Waals surface area contributed by atoms with Crippen molar-refractivity contribution in [1.29, 1.82) is 0 Å². The molecule has 3 rings (SSSR count). The molecule has 2 saturated carbocycles. The summed E-state index contributed by atoms with van der Waals surface area (Å²) in [4.78, 5) is 11.5. The minimum absolute atomic E-state index is 0.310. The summed E-state index contributed by atoms with van der Waals surface area (Å²) in [7, 11) is 0. The van der Waals surface area contributed by atoms with Crippen LogP contribution >= 0.6 is 0 Å². The Morgan fingerprint density at radius 2 is 2.36 bits per heavy atom. The van der Waals surface area contributed by atoms with Gasteiger partial charge in [0.1, 0.15) is 0 Å². The van der Waals surface area contributed by atoms with E-state index in [0.29, 0.717) is 17.4 Å². The minimum Gasteiger partial charge on any atom is -0.353 e. The fourth-order valence-corrected chi connectivity index (χ4v) is 4.45. The number of carbonyl (C=O) groups excluding carboxylic acids is 1. The lowest BCUT2D eigenvalue weighted by Crippen LogP contribution is -2.40. The number of nitrogens with one attached hydrogen (secondary N) is 1. The normalized spacial score (nSPS) is 50.4. The lowest BCUT2D eigenvalue weighted by molar-refractivity contribution is -0.120. The number of rotatable bonds is 1. The molecular weight excluding hydrogens is 174 g/mol. The van der Waals surface area contributed by atoms with Crippen molar-refractivity contribution in [3.8, 4) is 0 Å². The molecule has 0 aromatic carbocycles.